The zero-order valence-corrected chi connectivity index (χ0v) is 17.5. The summed E-state index contributed by atoms with van der Waals surface area (Å²) in [4.78, 5) is 41.1. The summed E-state index contributed by atoms with van der Waals surface area (Å²) in [5.41, 5.74) is 2.02. The van der Waals surface area contributed by atoms with Crippen molar-refractivity contribution in [1.29, 1.82) is 0 Å². The van der Waals surface area contributed by atoms with E-state index < -0.39 is 50.7 Å². The lowest BCUT2D eigenvalue weighted by Crippen LogP contribution is -2.68. The number of nitrogens with one attached hydrogen (secondary N) is 1. The molecule has 1 atom stereocenters. The SMILES string of the molecule is CC(N1C(=O)NC(=O)C12COC2)S(=O)(=O)N1CCC(C(N)=O)(N(C)OC(F)(F)F)CC1. The lowest BCUT2D eigenvalue weighted by atomic mass is 9.87. The molecule has 3 saturated heterocycles. The van der Waals surface area contributed by atoms with Crippen molar-refractivity contribution >= 4 is 27.9 Å². The summed E-state index contributed by atoms with van der Waals surface area (Å²) in [6.07, 6.45) is -5.82. The Balaban J connectivity index is 1.78. The number of sulfonamides is 1. The second-order valence-corrected chi connectivity index (χ2v) is 9.86. The number of primary amides is 1. The summed E-state index contributed by atoms with van der Waals surface area (Å²) < 4.78 is 70.1. The molecule has 31 heavy (non-hydrogen) atoms. The maximum Gasteiger partial charge on any atom is 0.539 e. The Bertz CT molecular complexity index is 884. The smallest absolute Gasteiger partial charge is 0.375 e. The number of likely N-dealkylation sites (N-methyl/N-ethyl adjacent to an activating group) is 1. The summed E-state index contributed by atoms with van der Waals surface area (Å²) in [6, 6.07) is -0.883. The first kappa shape index (κ1) is 23.6. The number of nitrogens with two attached hydrogens (primary N) is 1. The number of piperidine rings is 1. The van der Waals surface area contributed by atoms with Crippen LogP contribution in [-0.2, 0) is 29.2 Å². The van der Waals surface area contributed by atoms with E-state index in [0.717, 1.165) is 16.3 Å². The molecule has 3 aliphatic heterocycles. The molecular weight excluding hydrogens is 451 g/mol. The van der Waals surface area contributed by atoms with Crippen LogP contribution in [0.25, 0.3) is 0 Å². The van der Waals surface area contributed by atoms with Crippen LogP contribution in [0, 0.1) is 0 Å². The van der Waals surface area contributed by atoms with E-state index in [1.54, 1.807) is 0 Å². The van der Waals surface area contributed by atoms with Crippen molar-refractivity contribution in [2.24, 2.45) is 5.73 Å². The molecule has 0 aromatic carbocycles. The molecule has 12 nitrogen and oxygen atoms in total. The maximum atomic E-state index is 13.1. The predicted molar refractivity (Wildman–Crippen MR) is 94.9 cm³/mol. The number of halogens is 3. The molecule has 4 amide bonds. The van der Waals surface area contributed by atoms with Gasteiger partial charge in [0.05, 0.1) is 13.2 Å². The third-order valence-corrected chi connectivity index (χ3v) is 8.17. The van der Waals surface area contributed by atoms with E-state index in [0.29, 0.717) is 5.06 Å². The summed E-state index contributed by atoms with van der Waals surface area (Å²) in [7, 11) is -3.33. The van der Waals surface area contributed by atoms with Crippen LogP contribution in [0.3, 0.4) is 0 Å². The Morgan fingerprint density at radius 2 is 1.84 bits per heavy atom. The van der Waals surface area contributed by atoms with Gasteiger partial charge in [0.1, 0.15) is 10.9 Å². The minimum absolute atomic E-state index is 0.158. The van der Waals surface area contributed by atoms with Gasteiger partial charge in [-0.3, -0.25) is 19.8 Å². The number of hydroxylamine groups is 2. The Morgan fingerprint density at radius 3 is 2.26 bits per heavy atom. The monoisotopic (exact) mass is 473 g/mol. The lowest BCUT2D eigenvalue weighted by Gasteiger charge is -2.47. The molecule has 3 heterocycles. The molecule has 0 radical (unpaired) electrons. The maximum absolute atomic E-state index is 13.1. The number of carbonyl (C=O) groups is 3. The van der Waals surface area contributed by atoms with Gasteiger partial charge < -0.3 is 10.5 Å². The highest BCUT2D eigenvalue weighted by Gasteiger charge is 2.62. The van der Waals surface area contributed by atoms with Crippen LogP contribution in [0.4, 0.5) is 18.0 Å². The molecule has 1 spiro atoms. The number of nitrogens with zero attached hydrogens (tertiary/aromatic N) is 3. The van der Waals surface area contributed by atoms with Crippen LogP contribution in [-0.4, -0.2) is 96.7 Å². The Hall–Kier alpha value is -2.01. The largest absolute Gasteiger partial charge is 0.539 e. The molecule has 176 valence electrons. The molecule has 0 aromatic heterocycles. The zero-order chi connectivity index (χ0) is 23.4. The van der Waals surface area contributed by atoms with Crippen LogP contribution >= 0.6 is 0 Å². The summed E-state index contributed by atoms with van der Waals surface area (Å²) in [5.74, 6) is -1.76. The van der Waals surface area contributed by atoms with Gasteiger partial charge in [0.15, 0.2) is 5.54 Å². The van der Waals surface area contributed by atoms with E-state index in [-0.39, 0.29) is 39.1 Å². The highest BCUT2D eigenvalue weighted by Crippen LogP contribution is 2.36. The van der Waals surface area contributed by atoms with E-state index in [4.69, 9.17) is 10.5 Å². The van der Waals surface area contributed by atoms with Crippen LogP contribution in [0.15, 0.2) is 0 Å². The summed E-state index contributed by atoms with van der Waals surface area (Å²) in [5, 5.41) is 0.911. The normalized spacial score (nSPS) is 24.9. The average Bonchev–Trinajstić information content (AvgIpc) is 2.89. The van der Waals surface area contributed by atoms with Gasteiger partial charge in [-0.2, -0.15) is 14.2 Å². The van der Waals surface area contributed by atoms with Crippen molar-refractivity contribution in [2.75, 3.05) is 33.4 Å². The van der Waals surface area contributed by atoms with E-state index >= 15 is 0 Å². The fraction of sp³-hybridized carbons (Fsp3) is 0.800. The Labute approximate surface area is 175 Å². The Kier molecular flexibility index (Phi) is 5.75. The second kappa shape index (κ2) is 7.54. The number of imide groups is 1. The molecule has 3 rings (SSSR count). The lowest BCUT2D eigenvalue weighted by molar-refractivity contribution is -0.424. The molecule has 0 aliphatic carbocycles. The van der Waals surface area contributed by atoms with E-state index in [2.05, 4.69) is 10.2 Å². The van der Waals surface area contributed by atoms with Gasteiger partial charge in [-0.05, 0) is 19.8 Å². The van der Waals surface area contributed by atoms with Gasteiger partial charge in [0, 0.05) is 20.1 Å². The molecule has 1 unspecified atom stereocenters. The third-order valence-electron chi connectivity index (χ3n) is 6.01. The topological polar surface area (TPSA) is 152 Å². The Morgan fingerprint density at radius 1 is 1.29 bits per heavy atom. The zero-order valence-electron chi connectivity index (χ0n) is 16.6. The first-order valence-electron chi connectivity index (χ1n) is 9.18. The van der Waals surface area contributed by atoms with Gasteiger partial charge in [-0.15, -0.1) is 13.2 Å². The molecule has 16 heteroatoms. The fourth-order valence-electron chi connectivity index (χ4n) is 4.07. The molecular formula is C15H22F3N5O7S. The molecule has 3 fully saturated rings. The molecule has 0 bridgehead atoms. The number of urea groups is 1. The number of ether oxygens (including phenoxy) is 1. The third kappa shape index (κ3) is 3.75. The van der Waals surface area contributed by atoms with E-state index in [1.165, 1.54) is 6.92 Å². The number of hydrogen-bond donors (Lipinski definition) is 2. The van der Waals surface area contributed by atoms with Crippen molar-refractivity contribution in [3.05, 3.63) is 0 Å². The average molecular weight is 473 g/mol. The second-order valence-electron chi connectivity index (χ2n) is 7.63. The first-order chi connectivity index (χ1) is 14.2. The van der Waals surface area contributed by atoms with Gasteiger partial charge in [-0.1, -0.05) is 0 Å². The van der Waals surface area contributed by atoms with Crippen molar-refractivity contribution < 1.29 is 45.5 Å². The van der Waals surface area contributed by atoms with E-state index in [1.807, 2.05) is 0 Å². The first-order valence-corrected chi connectivity index (χ1v) is 10.7. The fourth-order valence-corrected chi connectivity index (χ4v) is 5.76. The van der Waals surface area contributed by atoms with Crippen molar-refractivity contribution in [3.8, 4) is 0 Å². The van der Waals surface area contributed by atoms with Gasteiger partial charge >= 0.3 is 12.4 Å². The van der Waals surface area contributed by atoms with Crippen LogP contribution < -0.4 is 11.1 Å². The number of amides is 4. The number of alkyl halides is 3. The minimum atomic E-state index is -5.07. The van der Waals surface area contributed by atoms with Crippen LogP contribution in [0.1, 0.15) is 19.8 Å². The van der Waals surface area contributed by atoms with Crippen molar-refractivity contribution in [2.45, 2.75) is 42.6 Å². The van der Waals surface area contributed by atoms with Gasteiger partial charge in [0.25, 0.3) is 5.91 Å². The summed E-state index contributed by atoms with van der Waals surface area (Å²) in [6.45, 7) is 0.203. The molecule has 0 saturated carbocycles. The quantitative estimate of drug-likeness (QED) is 0.356. The predicted octanol–water partition coefficient (Wildman–Crippen LogP) is -1.31. The van der Waals surface area contributed by atoms with Gasteiger partial charge in [-0.25, -0.2) is 13.2 Å². The van der Waals surface area contributed by atoms with Crippen LogP contribution in [0.5, 0.6) is 0 Å². The van der Waals surface area contributed by atoms with Crippen LogP contribution in [0.2, 0.25) is 0 Å². The number of rotatable bonds is 6. The molecule has 3 N–H and O–H groups in total. The van der Waals surface area contributed by atoms with Gasteiger partial charge in [0.2, 0.25) is 15.9 Å². The molecule has 0 aromatic rings. The number of hydrogen-bond acceptors (Lipinski definition) is 8. The number of carbonyl (C=O) groups excluding carboxylic acids is 3. The highest BCUT2D eigenvalue weighted by atomic mass is 32.2. The summed E-state index contributed by atoms with van der Waals surface area (Å²) >= 11 is 0. The van der Waals surface area contributed by atoms with Crippen molar-refractivity contribution in [3.63, 3.8) is 0 Å². The van der Waals surface area contributed by atoms with Crippen molar-refractivity contribution in [1.82, 2.24) is 19.6 Å². The molecule has 3 aliphatic rings. The standard InChI is InChI=1S/C15H22F3N5O7S/c1-9(23-12(26)20-11(25)14(23)7-29-8-14)31(27,28)22-5-3-13(4-6-22,10(19)24)21(2)30-15(16,17)18/h9H,3-8H2,1-2H3,(H2,19,24)(H,20,25,26). The minimum Gasteiger partial charge on any atom is -0.375 e. The van der Waals surface area contributed by atoms with E-state index in [9.17, 15) is 36.0 Å². The highest BCUT2D eigenvalue weighted by molar-refractivity contribution is 7.89.